The molecule has 0 unspecified atom stereocenters. The zero-order chi connectivity index (χ0) is 6.97. The van der Waals surface area contributed by atoms with Crippen LogP contribution in [0, 0.1) is 5.51 Å². The van der Waals surface area contributed by atoms with Gasteiger partial charge in [-0.2, -0.15) is 0 Å². The van der Waals surface area contributed by atoms with E-state index in [0.29, 0.717) is 10.2 Å². The summed E-state index contributed by atoms with van der Waals surface area (Å²) in [7, 11) is 0. The lowest BCUT2D eigenvalue weighted by Gasteiger charge is -1.81. The van der Waals surface area contributed by atoms with Crippen LogP contribution in [0.5, 0.6) is 0 Å². The molecule has 0 fully saturated rings. The highest BCUT2D eigenvalue weighted by Crippen LogP contribution is 2.09. The highest BCUT2D eigenvalue weighted by atomic mass is 32.1. The third-order valence-electron chi connectivity index (χ3n) is 1.21. The van der Waals surface area contributed by atoms with Crippen molar-refractivity contribution in [1.82, 2.24) is 9.97 Å². The minimum Gasteiger partial charge on any atom is -0.328 e. The van der Waals surface area contributed by atoms with Crippen LogP contribution in [-0.2, 0) is 0 Å². The van der Waals surface area contributed by atoms with E-state index in [-0.39, 0.29) is 5.56 Å². The quantitative estimate of drug-likeness (QED) is 0.605. The molecule has 2 heterocycles. The van der Waals surface area contributed by atoms with Crippen molar-refractivity contribution >= 4 is 21.6 Å². The molecule has 2 aromatic rings. The number of nitrogens with one attached hydrogen (secondary N) is 1. The van der Waals surface area contributed by atoms with Gasteiger partial charge in [-0.05, 0) is 6.07 Å². The number of nitrogens with zero attached hydrogens (tertiary/aromatic N) is 1. The van der Waals surface area contributed by atoms with Gasteiger partial charge in [0, 0.05) is 6.20 Å². The number of thiazole rings is 1. The molecule has 2 aromatic heterocycles. The molecule has 0 atom stereocenters. The van der Waals surface area contributed by atoms with Crippen LogP contribution < -0.4 is 5.56 Å². The van der Waals surface area contributed by atoms with Crippen LogP contribution >= 0.6 is 11.3 Å². The van der Waals surface area contributed by atoms with E-state index >= 15 is 0 Å². The Morgan fingerprint density at radius 2 is 2.60 bits per heavy atom. The number of hydrogen-bond donors (Lipinski definition) is 1. The van der Waals surface area contributed by atoms with Crippen molar-refractivity contribution in [2.75, 3.05) is 0 Å². The number of aromatic nitrogens is 2. The molecule has 0 saturated carbocycles. The fourth-order valence-corrected chi connectivity index (χ4v) is 1.36. The summed E-state index contributed by atoms with van der Waals surface area (Å²) in [5.41, 5.74) is 3.28. The Hall–Kier alpha value is -1.16. The van der Waals surface area contributed by atoms with E-state index in [1.165, 1.54) is 11.3 Å². The first-order chi connectivity index (χ1) is 4.88. The maximum Gasteiger partial charge on any atom is 0.267 e. The molecule has 0 spiro atoms. The number of rotatable bonds is 0. The summed E-state index contributed by atoms with van der Waals surface area (Å²) < 4.78 is 0.641. The molecule has 0 saturated heterocycles. The second-order valence-corrected chi connectivity index (χ2v) is 2.62. The molecule has 3 nitrogen and oxygen atoms in total. The minimum absolute atomic E-state index is 0.0868. The molecule has 49 valence electrons. The van der Waals surface area contributed by atoms with E-state index in [4.69, 9.17) is 0 Å². The van der Waals surface area contributed by atoms with Crippen LogP contribution in [0.15, 0.2) is 17.1 Å². The zero-order valence-corrected chi connectivity index (χ0v) is 5.73. The minimum atomic E-state index is -0.0868. The summed E-state index contributed by atoms with van der Waals surface area (Å²) in [6, 6.07) is 1.75. The Kier molecular flexibility index (Phi) is 1.07. The Morgan fingerprint density at radius 1 is 1.70 bits per heavy atom. The van der Waals surface area contributed by atoms with Crippen molar-refractivity contribution in [3.8, 4) is 0 Å². The summed E-state index contributed by atoms with van der Waals surface area (Å²) in [4.78, 5) is 17.3. The van der Waals surface area contributed by atoms with Gasteiger partial charge in [-0.3, -0.25) is 4.79 Å². The normalized spacial score (nSPS) is 10.4. The van der Waals surface area contributed by atoms with Crippen LogP contribution in [0.3, 0.4) is 0 Å². The van der Waals surface area contributed by atoms with Crippen molar-refractivity contribution in [2.45, 2.75) is 0 Å². The van der Waals surface area contributed by atoms with Crippen molar-refractivity contribution in [2.24, 2.45) is 0 Å². The molecular weight excluding hydrogens is 148 g/mol. The van der Waals surface area contributed by atoms with Gasteiger partial charge >= 0.3 is 0 Å². The first kappa shape index (κ1) is 5.61. The molecule has 0 aliphatic rings. The van der Waals surface area contributed by atoms with Crippen molar-refractivity contribution in [3.63, 3.8) is 0 Å². The van der Waals surface area contributed by atoms with Crippen molar-refractivity contribution in [1.29, 1.82) is 0 Å². The lowest BCUT2D eigenvalue weighted by atomic mass is 10.4. The summed E-state index contributed by atoms with van der Waals surface area (Å²) in [5.74, 6) is 0. The number of H-pyrrole nitrogens is 1. The number of pyridine rings is 1. The Morgan fingerprint density at radius 3 is 3.40 bits per heavy atom. The largest absolute Gasteiger partial charge is 0.328 e. The topological polar surface area (TPSA) is 45.8 Å². The summed E-state index contributed by atoms with van der Waals surface area (Å²) in [6.45, 7) is 0. The average Bonchev–Trinajstić information content (AvgIpc) is 2.36. The van der Waals surface area contributed by atoms with Gasteiger partial charge in [0.2, 0.25) is 0 Å². The van der Waals surface area contributed by atoms with Crippen LogP contribution in [0.25, 0.3) is 10.2 Å². The Labute approximate surface area is 60.4 Å². The summed E-state index contributed by atoms with van der Waals surface area (Å²) in [6.07, 6.45) is 1.58. The summed E-state index contributed by atoms with van der Waals surface area (Å²) in [5, 5.41) is 0. The third kappa shape index (κ3) is 0.657. The molecule has 0 aromatic carbocycles. The Bertz CT molecular complexity index is 403. The molecule has 2 rings (SSSR count). The number of hydrogen-bond acceptors (Lipinski definition) is 3. The standard InChI is InChI=1S/C6H3N2OS/c9-6-5-4(1-2-7-6)8-3-10-5/h1-2H,(H,7,9). The van der Waals surface area contributed by atoms with E-state index in [0.717, 1.165) is 0 Å². The van der Waals surface area contributed by atoms with Crippen molar-refractivity contribution in [3.05, 3.63) is 28.1 Å². The maximum absolute atomic E-state index is 10.9. The zero-order valence-electron chi connectivity index (χ0n) is 4.92. The van der Waals surface area contributed by atoms with Crippen LogP contribution in [0.4, 0.5) is 0 Å². The third-order valence-corrected chi connectivity index (χ3v) is 1.99. The smallest absolute Gasteiger partial charge is 0.267 e. The van der Waals surface area contributed by atoms with Gasteiger partial charge in [0.05, 0.1) is 5.52 Å². The second kappa shape index (κ2) is 1.91. The van der Waals surface area contributed by atoms with E-state index < -0.39 is 0 Å². The van der Waals surface area contributed by atoms with Crippen LogP contribution in [0.2, 0.25) is 0 Å². The monoisotopic (exact) mass is 151 g/mol. The molecule has 1 N–H and O–H groups in total. The van der Waals surface area contributed by atoms with E-state index in [9.17, 15) is 4.79 Å². The lowest BCUT2D eigenvalue weighted by Crippen LogP contribution is -2.01. The SMILES string of the molecule is O=c1[nH]ccc2n[c]sc12. The van der Waals surface area contributed by atoms with Crippen LogP contribution in [-0.4, -0.2) is 9.97 Å². The number of fused-ring (bicyclic) bond motifs is 1. The molecular formula is C6H3N2OS. The van der Waals surface area contributed by atoms with Gasteiger partial charge < -0.3 is 4.98 Å². The highest BCUT2D eigenvalue weighted by Gasteiger charge is 1.97. The van der Waals surface area contributed by atoms with Gasteiger partial charge in [0.25, 0.3) is 5.56 Å². The number of aromatic amines is 1. The highest BCUT2D eigenvalue weighted by molar-refractivity contribution is 7.16. The van der Waals surface area contributed by atoms with Gasteiger partial charge in [-0.15, -0.1) is 11.3 Å². The predicted octanol–water partition coefficient (Wildman–Crippen LogP) is 0.785. The maximum atomic E-state index is 10.9. The molecule has 10 heavy (non-hydrogen) atoms. The fourth-order valence-electron chi connectivity index (χ4n) is 0.758. The van der Waals surface area contributed by atoms with Gasteiger partial charge in [0.15, 0.2) is 5.51 Å². The van der Waals surface area contributed by atoms with Gasteiger partial charge in [0.1, 0.15) is 4.70 Å². The molecule has 0 aliphatic carbocycles. The first-order valence-corrected chi connectivity index (χ1v) is 3.54. The second-order valence-electron chi connectivity index (χ2n) is 1.83. The first-order valence-electron chi connectivity index (χ1n) is 2.72. The van der Waals surface area contributed by atoms with E-state index in [1.54, 1.807) is 12.3 Å². The average molecular weight is 151 g/mol. The predicted molar refractivity (Wildman–Crippen MR) is 39.1 cm³/mol. The lowest BCUT2D eigenvalue weighted by molar-refractivity contribution is 1.28. The Balaban J connectivity index is 3.09. The molecule has 0 amide bonds. The summed E-state index contributed by atoms with van der Waals surface area (Å²) >= 11 is 1.23. The van der Waals surface area contributed by atoms with Crippen molar-refractivity contribution < 1.29 is 0 Å². The molecule has 0 bridgehead atoms. The van der Waals surface area contributed by atoms with Crippen LogP contribution in [0.1, 0.15) is 0 Å². The molecule has 1 radical (unpaired) electrons. The fraction of sp³-hybridized carbons (Fsp3) is 0. The van der Waals surface area contributed by atoms with Gasteiger partial charge in [-0.1, -0.05) is 0 Å². The van der Waals surface area contributed by atoms with Gasteiger partial charge in [-0.25, -0.2) is 4.98 Å². The van der Waals surface area contributed by atoms with E-state index in [1.807, 2.05) is 0 Å². The van der Waals surface area contributed by atoms with E-state index in [2.05, 4.69) is 15.5 Å². The molecule has 4 heteroatoms. The molecule has 0 aliphatic heterocycles.